The maximum atomic E-state index is 11.1. The first-order valence-corrected chi connectivity index (χ1v) is 5.93. The summed E-state index contributed by atoms with van der Waals surface area (Å²) >= 11 is 0. The largest absolute Gasteiger partial charge is 0.469 e. The summed E-state index contributed by atoms with van der Waals surface area (Å²) < 4.78 is 4.63. The van der Waals surface area contributed by atoms with Gasteiger partial charge in [-0.25, -0.2) is 9.97 Å². The summed E-state index contributed by atoms with van der Waals surface area (Å²) in [6.45, 7) is 0. The molecule has 0 aliphatic rings. The van der Waals surface area contributed by atoms with E-state index in [0.29, 0.717) is 12.8 Å². The lowest BCUT2D eigenvalue weighted by molar-refractivity contribution is -0.140. The molecule has 2 aromatic rings. The third-order valence-corrected chi connectivity index (χ3v) is 2.74. The van der Waals surface area contributed by atoms with Crippen LogP contribution in [0, 0.1) is 0 Å². The van der Waals surface area contributed by atoms with Crippen LogP contribution < -0.4 is 5.73 Å². The van der Waals surface area contributed by atoms with Gasteiger partial charge in [0.15, 0.2) is 0 Å². The van der Waals surface area contributed by atoms with Crippen LogP contribution in [0.15, 0.2) is 36.5 Å². The van der Waals surface area contributed by atoms with Crippen LogP contribution in [0.4, 0.5) is 5.95 Å². The summed E-state index contributed by atoms with van der Waals surface area (Å²) in [6.07, 6.45) is 2.63. The highest BCUT2D eigenvalue weighted by atomic mass is 16.5. The minimum atomic E-state index is -0.211. The molecular weight excluding hydrogens is 242 g/mol. The fraction of sp³-hybridized carbons (Fsp3) is 0.214. The van der Waals surface area contributed by atoms with Gasteiger partial charge in [-0.2, -0.15) is 0 Å². The first-order chi connectivity index (χ1) is 9.19. The number of nitrogen functional groups attached to an aromatic ring is 1. The topological polar surface area (TPSA) is 78.1 Å². The molecule has 0 spiro atoms. The van der Waals surface area contributed by atoms with E-state index >= 15 is 0 Å². The Hall–Kier alpha value is -2.43. The molecule has 0 radical (unpaired) electrons. The quantitative estimate of drug-likeness (QED) is 0.845. The first kappa shape index (κ1) is 13.0. The van der Waals surface area contributed by atoms with Crippen LogP contribution in [-0.2, 0) is 16.0 Å². The van der Waals surface area contributed by atoms with Crippen LogP contribution in [0.1, 0.15) is 12.0 Å². The molecule has 0 saturated heterocycles. The summed E-state index contributed by atoms with van der Waals surface area (Å²) in [5.74, 6) is 0.0362. The van der Waals surface area contributed by atoms with Crippen molar-refractivity contribution in [2.45, 2.75) is 12.8 Å². The van der Waals surface area contributed by atoms with Crippen LogP contribution in [-0.4, -0.2) is 23.0 Å². The number of nitrogens with two attached hydrogens (primary N) is 1. The Bertz CT molecular complexity index is 584. The molecule has 0 unspecified atom stereocenters. The Morgan fingerprint density at radius 3 is 2.95 bits per heavy atom. The fourth-order valence-corrected chi connectivity index (χ4v) is 1.77. The molecule has 0 saturated carbocycles. The number of aryl methyl sites for hydroxylation is 1. The van der Waals surface area contributed by atoms with Gasteiger partial charge in [-0.05, 0) is 24.1 Å². The molecule has 1 heterocycles. The van der Waals surface area contributed by atoms with Gasteiger partial charge in [-0.15, -0.1) is 0 Å². The van der Waals surface area contributed by atoms with Gasteiger partial charge < -0.3 is 10.5 Å². The van der Waals surface area contributed by atoms with Gasteiger partial charge >= 0.3 is 5.97 Å². The molecule has 1 aromatic heterocycles. The first-order valence-electron chi connectivity index (χ1n) is 5.93. The Morgan fingerprint density at radius 2 is 2.21 bits per heavy atom. The van der Waals surface area contributed by atoms with E-state index in [1.54, 1.807) is 12.3 Å². The van der Waals surface area contributed by atoms with E-state index in [4.69, 9.17) is 5.73 Å². The van der Waals surface area contributed by atoms with Gasteiger partial charge in [0.1, 0.15) is 0 Å². The number of carbonyl (C=O) groups excluding carboxylic acids is 1. The van der Waals surface area contributed by atoms with Crippen molar-refractivity contribution in [1.29, 1.82) is 0 Å². The van der Waals surface area contributed by atoms with E-state index in [2.05, 4.69) is 14.7 Å². The van der Waals surface area contributed by atoms with E-state index in [-0.39, 0.29) is 11.9 Å². The lowest BCUT2D eigenvalue weighted by Gasteiger charge is -2.05. The predicted octanol–water partition coefficient (Wildman–Crippen LogP) is 1.83. The number of methoxy groups -OCH3 is 1. The summed E-state index contributed by atoms with van der Waals surface area (Å²) in [5.41, 5.74) is 8.35. The molecule has 0 aliphatic heterocycles. The van der Waals surface area contributed by atoms with Gasteiger partial charge in [-0.3, -0.25) is 4.79 Å². The number of hydrogen-bond acceptors (Lipinski definition) is 5. The lowest BCUT2D eigenvalue weighted by Crippen LogP contribution is -2.02. The van der Waals surface area contributed by atoms with Crippen LogP contribution >= 0.6 is 0 Å². The molecule has 5 nitrogen and oxygen atoms in total. The molecule has 19 heavy (non-hydrogen) atoms. The molecule has 0 atom stereocenters. The molecule has 5 heteroatoms. The van der Waals surface area contributed by atoms with E-state index in [0.717, 1.165) is 16.8 Å². The van der Waals surface area contributed by atoms with E-state index in [1.165, 1.54) is 7.11 Å². The smallest absolute Gasteiger partial charge is 0.305 e. The van der Waals surface area contributed by atoms with E-state index < -0.39 is 0 Å². The zero-order chi connectivity index (χ0) is 13.7. The number of carbonyl (C=O) groups is 1. The zero-order valence-corrected chi connectivity index (χ0v) is 10.7. The zero-order valence-electron chi connectivity index (χ0n) is 10.7. The molecule has 1 aromatic carbocycles. The summed E-state index contributed by atoms with van der Waals surface area (Å²) in [7, 11) is 1.39. The van der Waals surface area contributed by atoms with Crippen molar-refractivity contribution in [1.82, 2.24) is 9.97 Å². The maximum absolute atomic E-state index is 11.1. The number of nitrogens with zero attached hydrogens (tertiary/aromatic N) is 2. The molecule has 0 amide bonds. The molecule has 0 bridgehead atoms. The van der Waals surface area contributed by atoms with Crippen LogP contribution in [0.3, 0.4) is 0 Å². The van der Waals surface area contributed by atoms with Crippen LogP contribution in [0.2, 0.25) is 0 Å². The van der Waals surface area contributed by atoms with Crippen LogP contribution in [0.5, 0.6) is 0 Å². The second-order valence-corrected chi connectivity index (χ2v) is 4.08. The van der Waals surface area contributed by atoms with Gasteiger partial charge in [0, 0.05) is 18.2 Å². The van der Waals surface area contributed by atoms with Crippen molar-refractivity contribution >= 4 is 11.9 Å². The molecule has 98 valence electrons. The monoisotopic (exact) mass is 257 g/mol. The average Bonchev–Trinajstić information content (AvgIpc) is 2.45. The number of hydrogen-bond donors (Lipinski definition) is 1. The van der Waals surface area contributed by atoms with Gasteiger partial charge in [-0.1, -0.05) is 18.2 Å². The van der Waals surface area contributed by atoms with E-state index in [9.17, 15) is 4.79 Å². The number of anilines is 1. The molecule has 2 rings (SSSR count). The minimum absolute atomic E-state index is 0.211. The van der Waals surface area contributed by atoms with Crippen molar-refractivity contribution < 1.29 is 9.53 Å². The average molecular weight is 257 g/mol. The minimum Gasteiger partial charge on any atom is -0.469 e. The molecule has 2 N–H and O–H groups in total. The molecule has 0 aliphatic carbocycles. The second kappa shape index (κ2) is 5.95. The Kier molecular flexibility index (Phi) is 4.07. The van der Waals surface area contributed by atoms with Gasteiger partial charge in [0.2, 0.25) is 5.95 Å². The SMILES string of the molecule is COC(=O)CCc1cccc(-c2ccnc(N)n2)c1. The highest BCUT2D eigenvalue weighted by Gasteiger charge is 2.04. The number of aromatic nitrogens is 2. The standard InChI is InChI=1S/C14H15N3O2/c1-19-13(18)6-5-10-3-2-4-11(9-10)12-7-8-16-14(15)17-12/h2-4,7-9H,5-6H2,1H3,(H2,15,16,17). The molecular formula is C14H15N3O2. The third kappa shape index (κ3) is 3.51. The summed E-state index contributed by atoms with van der Waals surface area (Å²) in [5, 5.41) is 0. The molecule has 0 fully saturated rings. The summed E-state index contributed by atoms with van der Waals surface area (Å²) in [6, 6.07) is 9.64. The highest BCUT2D eigenvalue weighted by Crippen LogP contribution is 2.19. The van der Waals surface area contributed by atoms with Crippen molar-refractivity contribution in [3.05, 3.63) is 42.1 Å². The number of ether oxygens (including phenoxy) is 1. The van der Waals surface area contributed by atoms with Gasteiger partial charge in [0.25, 0.3) is 0 Å². The van der Waals surface area contributed by atoms with Crippen molar-refractivity contribution in [3.63, 3.8) is 0 Å². The Morgan fingerprint density at radius 1 is 1.37 bits per heavy atom. The second-order valence-electron chi connectivity index (χ2n) is 4.08. The van der Waals surface area contributed by atoms with E-state index in [1.807, 2.05) is 24.3 Å². The third-order valence-electron chi connectivity index (χ3n) is 2.74. The number of benzene rings is 1. The lowest BCUT2D eigenvalue weighted by atomic mass is 10.0. The van der Waals surface area contributed by atoms with Crippen molar-refractivity contribution in [3.8, 4) is 11.3 Å². The Balaban J connectivity index is 2.17. The summed E-state index contributed by atoms with van der Waals surface area (Å²) in [4.78, 5) is 19.2. The van der Waals surface area contributed by atoms with Crippen LogP contribution in [0.25, 0.3) is 11.3 Å². The van der Waals surface area contributed by atoms with Crippen molar-refractivity contribution in [2.75, 3.05) is 12.8 Å². The normalized spacial score (nSPS) is 10.2. The number of rotatable bonds is 4. The predicted molar refractivity (Wildman–Crippen MR) is 72.2 cm³/mol. The fourth-order valence-electron chi connectivity index (χ4n) is 1.77. The maximum Gasteiger partial charge on any atom is 0.305 e. The van der Waals surface area contributed by atoms with Gasteiger partial charge in [0.05, 0.1) is 12.8 Å². The number of esters is 1. The van der Waals surface area contributed by atoms with Crippen molar-refractivity contribution in [2.24, 2.45) is 0 Å². The Labute approximate surface area is 111 Å². The highest BCUT2D eigenvalue weighted by molar-refractivity contribution is 5.69.